The fraction of sp³-hybridized carbons (Fsp3) is 1.00. The number of nitrogens with one attached hydrogen (secondary N) is 1. The third kappa shape index (κ3) is 4.12. The first-order chi connectivity index (χ1) is 7.06. The molecule has 90 valence electrons. The maximum atomic E-state index is 3.38. The van der Waals surface area contributed by atoms with Crippen molar-refractivity contribution in [2.75, 3.05) is 33.2 Å². The molecule has 0 amide bonds. The van der Waals surface area contributed by atoms with Gasteiger partial charge in [-0.2, -0.15) is 0 Å². The van der Waals surface area contributed by atoms with Crippen LogP contribution in [0.25, 0.3) is 0 Å². The maximum Gasteiger partial charge on any atom is 0.0104 e. The van der Waals surface area contributed by atoms with Crippen molar-refractivity contribution < 1.29 is 0 Å². The van der Waals surface area contributed by atoms with Gasteiger partial charge in [-0.05, 0) is 37.8 Å². The molecule has 1 aliphatic rings. The minimum atomic E-state index is 0.576. The second-order valence-corrected chi connectivity index (χ2v) is 5.69. The van der Waals surface area contributed by atoms with Gasteiger partial charge in [0.05, 0.1) is 0 Å². The minimum Gasteiger partial charge on any atom is -0.316 e. The molecule has 1 saturated carbocycles. The Morgan fingerprint density at radius 3 is 2.67 bits per heavy atom. The lowest BCUT2D eigenvalue weighted by atomic mass is 9.81. The molecule has 0 aromatic rings. The Hall–Kier alpha value is -0.0800. The molecule has 0 aromatic heterocycles. The highest BCUT2D eigenvalue weighted by Crippen LogP contribution is 2.42. The van der Waals surface area contributed by atoms with Crippen LogP contribution >= 0.6 is 0 Å². The highest BCUT2D eigenvalue weighted by molar-refractivity contribution is 4.86. The van der Waals surface area contributed by atoms with Gasteiger partial charge in [0.2, 0.25) is 0 Å². The predicted octanol–water partition coefficient (Wildman–Crippen LogP) is 2.35. The molecule has 0 spiro atoms. The molecule has 1 aliphatic carbocycles. The van der Waals surface area contributed by atoms with E-state index in [0.29, 0.717) is 5.41 Å². The largest absolute Gasteiger partial charge is 0.316 e. The topological polar surface area (TPSA) is 15.3 Å². The van der Waals surface area contributed by atoms with Crippen molar-refractivity contribution in [2.24, 2.45) is 11.3 Å². The van der Waals surface area contributed by atoms with Crippen molar-refractivity contribution in [3.63, 3.8) is 0 Å². The number of hydrogen-bond acceptors (Lipinski definition) is 2. The average Bonchev–Trinajstić information content (AvgIpc) is 2.46. The van der Waals surface area contributed by atoms with Crippen LogP contribution in [0.5, 0.6) is 0 Å². The number of nitrogens with zero attached hydrogens (tertiary/aromatic N) is 1. The first kappa shape index (κ1) is 13.0. The van der Waals surface area contributed by atoms with Crippen molar-refractivity contribution >= 4 is 0 Å². The summed E-state index contributed by atoms with van der Waals surface area (Å²) in [4.78, 5) is 2.49. The van der Waals surface area contributed by atoms with E-state index in [0.717, 1.165) is 19.0 Å². The molecule has 15 heavy (non-hydrogen) atoms. The standard InChI is InChI=1S/C13H28N2/c1-5-14-9-10-15(4)11-12-7-6-8-13(12,2)3/h12,14H,5-11H2,1-4H3. The lowest BCUT2D eigenvalue weighted by Gasteiger charge is -2.31. The van der Waals surface area contributed by atoms with Gasteiger partial charge in [0, 0.05) is 19.6 Å². The zero-order chi connectivity index (χ0) is 11.3. The normalized spacial score (nSPS) is 25.0. The Balaban J connectivity index is 2.22. The maximum absolute atomic E-state index is 3.38. The predicted molar refractivity (Wildman–Crippen MR) is 67.2 cm³/mol. The number of likely N-dealkylation sites (N-methyl/N-ethyl adjacent to an activating group) is 2. The van der Waals surface area contributed by atoms with Crippen molar-refractivity contribution in [1.29, 1.82) is 0 Å². The Morgan fingerprint density at radius 1 is 1.40 bits per heavy atom. The van der Waals surface area contributed by atoms with Crippen molar-refractivity contribution in [2.45, 2.75) is 40.0 Å². The summed E-state index contributed by atoms with van der Waals surface area (Å²) in [6, 6.07) is 0. The van der Waals surface area contributed by atoms with Crippen molar-refractivity contribution in [3.8, 4) is 0 Å². The summed E-state index contributed by atoms with van der Waals surface area (Å²) in [5.74, 6) is 0.907. The summed E-state index contributed by atoms with van der Waals surface area (Å²) in [7, 11) is 2.26. The molecule has 0 aromatic carbocycles. The van der Waals surface area contributed by atoms with E-state index in [2.05, 4.69) is 38.0 Å². The first-order valence-corrected chi connectivity index (χ1v) is 6.45. The summed E-state index contributed by atoms with van der Waals surface area (Å²) in [5.41, 5.74) is 0.576. The van der Waals surface area contributed by atoms with Crippen LogP contribution in [-0.4, -0.2) is 38.1 Å². The van der Waals surface area contributed by atoms with Gasteiger partial charge in [0.1, 0.15) is 0 Å². The van der Waals surface area contributed by atoms with Crippen molar-refractivity contribution in [3.05, 3.63) is 0 Å². The van der Waals surface area contributed by atoms with E-state index in [1.807, 2.05) is 0 Å². The van der Waals surface area contributed by atoms with Gasteiger partial charge in [-0.15, -0.1) is 0 Å². The molecule has 0 aliphatic heterocycles. The minimum absolute atomic E-state index is 0.576. The molecule has 1 atom stereocenters. The van der Waals surface area contributed by atoms with Gasteiger partial charge in [0.25, 0.3) is 0 Å². The lowest BCUT2D eigenvalue weighted by Crippen LogP contribution is -2.35. The summed E-state index contributed by atoms with van der Waals surface area (Å²) in [6.45, 7) is 11.7. The Bertz CT molecular complexity index is 177. The van der Waals surface area contributed by atoms with Crippen LogP contribution in [0.2, 0.25) is 0 Å². The summed E-state index contributed by atoms with van der Waals surface area (Å²) in [6.07, 6.45) is 4.27. The van der Waals surface area contributed by atoms with E-state index in [1.54, 1.807) is 0 Å². The number of rotatable bonds is 6. The summed E-state index contributed by atoms with van der Waals surface area (Å²) < 4.78 is 0. The second-order valence-electron chi connectivity index (χ2n) is 5.69. The molecule has 0 radical (unpaired) electrons. The second kappa shape index (κ2) is 5.86. The molecular formula is C13H28N2. The van der Waals surface area contributed by atoms with E-state index >= 15 is 0 Å². The molecule has 2 nitrogen and oxygen atoms in total. The van der Waals surface area contributed by atoms with Gasteiger partial charge >= 0.3 is 0 Å². The lowest BCUT2D eigenvalue weighted by molar-refractivity contribution is 0.183. The highest BCUT2D eigenvalue weighted by Gasteiger charge is 2.34. The van der Waals surface area contributed by atoms with Crippen LogP contribution in [0.15, 0.2) is 0 Å². The van der Waals surface area contributed by atoms with E-state index in [4.69, 9.17) is 0 Å². The average molecular weight is 212 g/mol. The van der Waals surface area contributed by atoms with Crippen LogP contribution < -0.4 is 5.32 Å². The van der Waals surface area contributed by atoms with Gasteiger partial charge in [-0.3, -0.25) is 0 Å². The van der Waals surface area contributed by atoms with E-state index in [9.17, 15) is 0 Å². The van der Waals surface area contributed by atoms with Crippen LogP contribution in [0.4, 0.5) is 0 Å². The summed E-state index contributed by atoms with van der Waals surface area (Å²) in [5, 5.41) is 3.38. The summed E-state index contributed by atoms with van der Waals surface area (Å²) >= 11 is 0. The third-order valence-electron chi connectivity index (χ3n) is 3.93. The van der Waals surface area contributed by atoms with E-state index in [-0.39, 0.29) is 0 Å². The van der Waals surface area contributed by atoms with Crippen molar-refractivity contribution in [1.82, 2.24) is 10.2 Å². The Morgan fingerprint density at radius 2 is 2.13 bits per heavy atom. The zero-order valence-electron chi connectivity index (χ0n) is 11.0. The zero-order valence-corrected chi connectivity index (χ0v) is 11.0. The van der Waals surface area contributed by atoms with Gasteiger partial charge in [0.15, 0.2) is 0 Å². The Labute approximate surface area is 95.4 Å². The highest BCUT2D eigenvalue weighted by atomic mass is 15.1. The molecule has 2 heteroatoms. The molecule has 1 N–H and O–H groups in total. The SMILES string of the molecule is CCNCCN(C)CC1CCCC1(C)C. The molecule has 0 bridgehead atoms. The molecular weight excluding hydrogens is 184 g/mol. The van der Waals surface area contributed by atoms with Crippen LogP contribution in [0.1, 0.15) is 40.0 Å². The van der Waals surface area contributed by atoms with E-state index in [1.165, 1.54) is 32.4 Å². The number of hydrogen-bond donors (Lipinski definition) is 1. The van der Waals surface area contributed by atoms with Gasteiger partial charge in [-0.1, -0.05) is 27.2 Å². The Kier molecular flexibility index (Phi) is 5.07. The molecule has 1 rings (SSSR count). The van der Waals surface area contributed by atoms with Gasteiger partial charge in [-0.25, -0.2) is 0 Å². The van der Waals surface area contributed by atoms with Gasteiger partial charge < -0.3 is 10.2 Å². The molecule has 0 saturated heterocycles. The third-order valence-corrected chi connectivity index (χ3v) is 3.93. The van der Waals surface area contributed by atoms with Crippen LogP contribution in [0.3, 0.4) is 0 Å². The quantitative estimate of drug-likeness (QED) is 0.680. The fourth-order valence-corrected chi connectivity index (χ4v) is 2.65. The molecule has 0 heterocycles. The smallest absolute Gasteiger partial charge is 0.0104 e. The monoisotopic (exact) mass is 212 g/mol. The fourth-order valence-electron chi connectivity index (χ4n) is 2.65. The molecule has 1 fully saturated rings. The van der Waals surface area contributed by atoms with Crippen LogP contribution in [-0.2, 0) is 0 Å². The molecule has 1 unspecified atom stereocenters. The first-order valence-electron chi connectivity index (χ1n) is 6.45. The van der Waals surface area contributed by atoms with E-state index < -0.39 is 0 Å². The van der Waals surface area contributed by atoms with Crippen LogP contribution in [0, 0.1) is 11.3 Å².